The van der Waals surface area contributed by atoms with Crippen molar-refractivity contribution in [1.82, 2.24) is 10.2 Å². The molecule has 0 fully saturated rings. The summed E-state index contributed by atoms with van der Waals surface area (Å²) in [5, 5.41) is 2.84. The monoisotopic (exact) mass is 569 g/mol. The molecule has 3 rings (SSSR count). The van der Waals surface area contributed by atoms with Crippen molar-refractivity contribution < 1.29 is 27.1 Å². The number of para-hydroxylation sites is 1. The maximum Gasteiger partial charge on any atom is 0.264 e. The van der Waals surface area contributed by atoms with E-state index in [-0.39, 0.29) is 22.7 Å². The van der Waals surface area contributed by atoms with E-state index < -0.39 is 45.8 Å². The van der Waals surface area contributed by atoms with Crippen LogP contribution in [-0.2, 0) is 26.2 Å². The van der Waals surface area contributed by atoms with Crippen molar-refractivity contribution in [2.24, 2.45) is 0 Å². The number of amides is 2. The normalized spacial score (nSPS) is 12.3. The fourth-order valence-corrected chi connectivity index (χ4v) is 5.41. The lowest BCUT2D eigenvalue weighted by Gasteiger charge is -2.33. The number of nitrogens with zero attached hydrogens (tertiary/aromatic N) is 2. The van der Waals surface area contributed by atoms with Gasteiger partial charge in [-0.3, -0.25) is 13.9 Å². The molecule has 2 amide bonds. The first-order chi connectivity index (χ1) is 18.8. The van der Waals surface area contributed by atoms with E-state index in [0.717, 1.165) is 4.31 Å². The molecule has 8 nitrogen and oxygen atoms in total. The third-order valence-corrected chi connectivity index (χ3v) is 7.80. The summed E-state index contributed by atoms with van der Waals surface area (Å²) in [7, 11) is -4.21. The molecule has 214 valence electrons. The Labute approximate surface area is 235 Å². The average Bonchev–Trinajstić information content (AvgIpc) is 2.90. The molecule has 0 spiro atoms. The summed E-state index contributed by atoms with van der Waals surface area (Å²) in [5.41, 5.74) is -0.111. The van der Waals surface area contributed by atoms with Crippen LogP contribution >= 0.6 is 0 Å². The van der Waals surface area contributed by atoms with Gasteiger partial charge in [-0.25, -0.2) is 12.8 Å². The second kappa shape index (κ2) is 13.0. The molecular formula is C30H36FN3O5S. The minimum absolute atomic E-state index is 0.0354. The topological polar surface area (TPSA) is 96.0 Å². The molecule has 3 aromatic rings. The number of sulfonamides is 1. The predicted octanol–water partition coefficient (Wildman–Crippen LogP) is 4.75. The molecule has 0 heterocycles. The highest BCUT2D eigenvalue weighted by molar-refractivity contribution is 7.92. The molecule has 0 saturated carbocycles. The molecule has 10 heteroatoms. The summed E-state index contributed by atoms with van der Waals surface area (Å²) in [6.45, 7) is 8.37. The van der Waals surface area contributed by atoms with Crippen molar-refractivity contribution in [2.45, 2.75) is 57.6 Å². The molecular weight excluding hydrogens is 533 g/mol. The Morgan fingerprint density at radius 3 is 2.12 bits per heavy atom. The van der Waals surface area contributed by atoms with E-state index in [1.807, 2.05) is 6.92 Å². The van der Waals surface area contributed by atoms with Crippen molar-refractivity contribution in [2.75, 3.05) is 17.5 Å². The van der Waals surface area contributed by atoms with Crippen molar-refractivity contribution >= 4 is 27.5 Å². The van der Waals surface area contributed by atoms with Crippen molar-refractivity contribution in [3.05, 3.63) is 90.2 Å². The van der Waals surface area contributed by atoms with Crippen LogP contribution in [0.25, 0.3) is 0 Å². The highest BCUT2D eigenvalue weighted by atomic mass is 32.2. The van der Waals surface area contributed by atoms with Gasteiger partial charge in [0, 0.05) is 17.6 Å². The standard InChI is InChI=1S/C30H36FN3O5S/c1-6-39-25-16-18-26(19-17-25)40(37,38)34(24-13-8-7-9-14-24)21-28(35)33(20-23-12-10-11-15-27(23)31)22(2)29(36)32-30(3,4)5/h7-19,22H,6,20-21H2,1-5H3,(H,32,36)/t22-/m1/s1. The Morgan fingerprint density at radius 2 is 1.55 bits per heavy atom. The van der Waals surface area contributed by atoms with Gasteiger partial charge in [-0.1, -0.05) is 36.4 Å². The van der Waals surface area contributed by atoms with Crippen LogP contribution in [0.3, 0.4) is 0 Å². The Hall–Kier alpha value is -3.92. The Bertz CT molecular complexity index is 1410. The summed E-state index contributed by atoms with van der Waals surface area (Å²) in [4.78, 5) is 28.1. The van der Waals surface area contributed by atoms with E-state index in [9.17, 15) is 22.4 Å². The lowest BCUT2D eigenvalue weighted by Crippen LogP contribution is -2.54. The smallest absolute Gasteiger partial charge is 0.264 e. The number of ether oxygens (including phenoxy) is 1. The second-order valence-corrected chi connectivity index (χ2v) is 12.1. The fourth-order valence-electron chi connectivity index (χ4n) is 3.99. The van der Waals surface area contributed by atoms with E-state index >= 15 is 0 Å². The van der Waals surface area contributed by atoms with Crippen molar-refractivity contribution in [3.63, 3.8) is 0 Å². The molecule has 0 aliphatic heterocycles. The fraction of sp³-hybridized carbons (Fsp3) is 0.333. The highest BCUT2D eigenvalue weighted by Gasteiger charge is 2.33. The summed E-state index contributed by atoms with van der Waals surface area (Å²) < 4.78 is 48.7. The molecule has 0 aliphatic carbocycles. The van der Waals surface area contributed by atoms with Crippen LogP contribution in [0, 0.1) is 5.82 Å². The Balaban J connectivity index is 2.01. The minimum atomic E-state index is -4.21. The number of hydrogen-bond donors (Lipinski definition) is 1. The number of hydrogen-bond acceptors (Lipinski definition) is 5. The van der Waals surface area contributed by atoms with E-state index in [1.165, 1.54) is 42.2 Å². The zero-order valence-corrected chi connectivity index (χ0v) is 24.2. The number of nitrogens with one attached hydrogen (secondary N) is 1. The number of benzene rings is 3. The van der Waals surface area contributed by atoms with E-state index in [0.29, 0.717) is 12.4 Å². The van der Waals surface area contributed by atoms with Crippen LogP contribution in [0.1, 0.15) is 40.2 Å². The van der Waals surface area contributed by atoms with Crippen LogP contribution in [-0.4, -0.2) is 49.9 Å². The van der Waals surface area contributed by atoms with Gasteiger partial charge in [0.25, 0.3) is 10.0 Å². The van der Waals surface area contributed by atoms with Gasteiger partial charge in [-0.2, -0.15) is 0 Å². The molecule has 0 bridgehead atoms. The molecule has 40 heavy (non-hydrogen) atoms. The Morgan fingerprint density at radius 1 is 0.950 bits per heavy atom. The number of halogens is 1. The number of carbonyl (C=O) groups is 2. The quantitative estimate of drug-likeness (QED) is 0.360. The van der Waals surface area contributed by atoms with E-state index in [2.05, 4.69) is 5.32 Å². The van der Waals surface area contributed by atoms with Gasteiger partial charge in [0.1, 0.15) is 24.2 Å². The van der Waals surface area contributed by atoms with Gasteiger partial charge in [0.05, 0.1) is 17.2 Å². The second-order valence-electron chi connectivity index (χ2n) is 10.3. The zero-order valence-electron chi connectivity index (χ0n) is 23.4. The zero-order chi connectivity index (χ0) is 29.5. The van der Waals surface area contributed by atoms with Gasteiger partial charge < -0.3 is 15.0 Å². The number of carbonyl (C=O) groups excluding carboxylic acids is 2. The third kappa shape index (κ3) is 7.81. The van der Waals surface area contributed by atoms with Crippen molar-refractivity contribution in [1.29, 1.82) is 0 Å². The molecule has 0 saturated heterocycles. The minimum Gasteiger partial charge on any atom is -0.494 e. The van der Waals surface area contributed by atoms with Crippen LogP contribution < -0.4 is 14.4 Å². The van der Waals surface area contributed by atoms with Crippen LogP contribution in [0.4, 0.5) is 10.1 Å². The summed E-state index contributed by atoms with van der Waals surface area (Å²) in [6, 6.07) is 19.1. The molecule has 0 unspecified atom stereocenters. The van der Waals surface area contributed by atoms with E-state index in [4.69, 9.17) is 4.74 Å². The number of anilines is 1. The maximum atomic E-state index is 14.6. The summed E-state index contributed by atoms with van der Waals surface area (Å²) >= 11 is 0. The van der Waals surface area contributed by atoms with E-state index in [1.54, 1.807) is 69.3 Å². The summed E-state index contributed by atoms with van der Waals surface area (Å²) in [5.74, 6) is -1.14. The van der Waals surface area contributed by atoms with Gasteiger partial charge >= 0.3 is 0 Å². The maximum absolute atomic E-state index is 14.6. The first-order valence-corrected chi connectivity index (χ1v) is 14.4. The van der Waals surface area contributed by atoms with Gasteiger partial charge in [-0.05, 0) is 77.1 Å². The van der Waals surface area contributed by atoms with Crippen LogP contribution in [0.5, 0.6) is 5.75 Å². The first kappa shape index (κ1) is 30.6. The number of rotatable bonds is 11. The molecule has 0 radical (unpaired) electrons. The molecule has 1 N–H and O–H groups in total. The van der Waals surface area contributed by atoms with Gasteiger partial charge in [0.15, 0.2) is 0 Å². The molecule has 3 aromatic carbocycles. The van der Waals surface area contributed by atoms with Gasteiger partial charge in [-0.15, -0.1) is 0 Å². The first-order valence-electron chi connectivity index (χ1n) is 13.0. The largest absolute Gasteiger partial charge is 0.494 e. The predicted molar refractivity (Wildman–Crippen MR) is 153 cm³/mol. The molecule has 0 aliphatic rings. The molecule has 0 aromatic heterocycles. The summed E-state index contributed by atoms with van der Waals surface area (Å²) in [6.07, 6.45) is 0. The Kier molecular flexibility index (Phi) is 9.92. The third-order valence-electron chi connectivity index (χ3n) is 6.01. The lowest BCUT2D eigenvalue weighted by atomic mass is 10.1. The van der Waals surface area contributed by atoms with Crippen molar-refractivity contribution in [3.8, 4) is 5.75 Å². The lowest BCUT2D eigenvalue weighted by molar-refractivity contribution is -0.140. The van der Waals surface area contributed by atoms with Gasteiger partial charge in [0.2, 0.25) is 11.8 Å². The van der Waals surface area contributed by atoms with Crippen LogP contribution in [0.15, 0.2) is 83.8 Å². The molecule has 1 atom stereocenters. The SMILES string of the molecule is CCOc1ccc(S(=O)(=O)N(CC(=O)N(Cc2ccccc2F)[C@H](C)C(=O)NC(C)(C)C)c2ccccc2)cc1. The van der Waals surface area contributed by atoms with Crippen LogP contribution in [0.2, 0.25) is 0 Å². The average molecular weight is 570 g/mol. The highest BCUT2D eigenvalue weighted by Crippen LogP contribution is 2.26.